The highest BCUT2D eigenvalue weighted by Gasteiger charge is 2.29. The van der Waals surface area contributed by atoms with Gasteiger partial charge in [0.05, 0.1) is 0 Å². The van der Waals surface area contributed by atoms with E-state index in [1.807, 2.05) is 83.3 Å². The first kappa shape index (κ1) is 43.9. The van der Waals surface area contributed by atoms with E-state index < -0.39 is 7.14 Å². The van der Waals surface area contributed by atoms with Crippen molar-refractivity contribution in [2.45, 2.75) is 88.6 Å². The largest absolute Gasteiger partial charge is 0.314 e. The minimum atomic E-state index is -2.65. The van der Waals surface area contributed by atoms with E-state index >= 15 is 0 Å². The van der Waals surface area contributed by atoms with E-state index in [-0.39, 0.29) is 7.92 Å². The molecular weight excluding hydrogens is 799 g/mol. The molecule has 2 fully saturated rings. The summed E-state index contributed by atoms with van der Waals surface area (Å²) in [6.45, 7) is 3.79. The van der Waals surface area contributed by atoms with E-state index in [0.29, 0.717) is 30.3 Å². The van der Waals surface area contributed by atoms with Gasteiger partial charge in [-0.2, -0.15) is 0 Å². The molecule has 0 spiro atoms. The lowest BCUT2D eigenvalue weighted by atomic mass is 9.90. The standard InChI is InChI=1S/C25H31N2OPS.C25H31N2PS/c28-29(21-10-3-1-4-11-21,22-12-5-2-6-13-22)18-17-26-24-15-7-8-16-25(24)27-20-23-14-9-19-30-23;1-3-10-21(11-4-1)28(22-12-5-2-6-13-22)18-17-26-24-15-7-8-16-25(24)27-20-23-14-9-19-29-23/h1-6,9-14,19,24-27H,7-8,15-18,20H2;1-6,9-14,19,24-27H,7-8,15-18,20H2/t2*24?,25-/m11/s1. The van der Waals surface area contributed by atoms with Crippen molar-refractivity contribution < 1.29 is 4.57 Å². The van der Waals surface area contributed by atoms with Crippen LogP contribution in [-0.4, -0.2) is 49.6 Å². The van der Waals surface area contributed by atoms with E-state index in [1.165, 1.54) is 77.9 Å². The molecule has 9 heteroatoms. The maximum atomic E-state index is 14.2. The second-order valence-electron chi connectivity index (χ2n) is 15.8. The highest BCUT2D eigenvalue weighted by atomic mass is 32.1. The predicted octanol–water partition coefficient (Wildman–Crippen LogP) is 9.62. The van der Waals surface area contributed by atoms with Crippen LogP contribution < -0.4 is 42.5 Å². The van der Waals surface area contributed by atoms with Crippen LogP contribution in [-0.2, 0) is 17.7 Å². The summed E-state index contributed by atoms with van der Waals surface area (Å²) in [6, 6.07) is 52.9. The quantitative estimate of drug-likeness (QED) is 0.0649. The lowest BCUT2D eigenvalue weighted by Crippen LogP contribution is -2.50. The molecular formula is C50H62N4OP2S2. The second-order valence-corrected chi connectivity index (χ2v) is 23.1. The summed E-state index contributed by atoms with van der Waals surface area (Å²) in [4.78, 5) is 2.82. The third kappa shape index (κ3) is 13.1. The minimum Gasteiger partial charge on any atom is -0.314 e. The van der Waals surface area contributed by atoms with Crippen molar-refractivity contribution in [1.29, 1.82) is 0 Å². The molecule has 2 unspecified atom stereocenters. The van der Waals surface area contributed by atoms with Crippen molar-refractivity contribution in [1.82, 2.24) is 21.3 Å². The van der Waals surface area contributed by atoms with Gasteiger partial charge in [-0.05, 0) is 79.8 Å². The van der Waals surface area contributed by atoms with Gasteiger partial charge in [0.15, 0.2) is 0 Å². The Morgan fingerprint density at radius 3 is 1.27 bits per heavy atom. The number of benzene rings is 4. The third-order valence-corrected chi connectivity index (χ3v) is 19.2. The summed E-state index contributed by atoms with van der Waals surface area (Å²) < 4.78 is 14.2. The zero-order chi connectivity index (χ0) is 40.4. The molecule has 0 bridgehead atoms. The zero-order valence-electron chi connectivity index (χ0n) is 34.3. The number of hydrogen-bond acceptors (Lipinski definition) is 7. The van der Waals surface area contributed by atoms with Gasteiger partial charge in [-0.1, -0.05) is 159 Å². The fourth-order valence-electron chi connectivity index (χ4n) is 8.67. The van der Waals surface area contributed by atoms with Gasteiger partial charge in [-0.15, -0.1) is 22.7 Å². The molecule has 0 radical (unpaired) electrons. The first-order valence-electron chi connectivity index (χ1n) is 21.7. The molecule has 2 aromatic heterocycles. The summed E-state index contributed by atoms with van der Waals surface area (Å²) in [5.41, 5.74) is 0. The van der Waals surface area contributed by atoms with E-state index in [1.54, 1.807) is 0 Å². The predicted molar refractivity (Wildman–Crippen MR) is 259 cm³/mol. The monoisotopic (exact) mass is 860 g/mol. The van der Waals surface area contributed by atoms with Crippen LogP contribution in [0.25, 0.3) is 0 Å². The highest BCUT2D eigenvalue weighted by molar-refractivity contribution is 7.78. The molecule has 2 saturated carbocycles. The summed E-state index contributed by atoms with van der Waals surface area (Å²) in [7, 11) is -2.96. The van der Waals surface area contributed by atoms with Crippen LogP contribution in [0.15, 0.2) is 156 Å². The third-order valence-electron chi connectivity index (χ3n) is 11.8. The number of hydrogen-bond donors (Lipinski definition) is 4. The van der Waals surface area contributed by atoms with E-state index in [4.69, 9.17) is 0 Å². The maximum absolute atomic E-state index is 14.2. The smallest absolute Gasteiger partial charge is 0.144 e. The fraction of sp³-hybridized carbons (Fsp3) is 0.360. The summed E-state index contributed by atoms with van der Waals surface area (Å²) >= 11 is 3.66. The summed E-state index contributed by atoms with van der Waals surface area (Å²) in [5, 5.41) is 24.5. The second kappa shape index (κ2) is 23.7. The van der Waals surface area contributed by atoms with Crippen LogP contribution >= 0.6 is 37.7 Å². The van der Waals surface area contributed by atoms with Crippen molar-refractivity contribution in [3.05, 3.63) is 166 Å². The van der Waals surface area contributed by atoms with Crippen LogP contribution in [0.3, 0.4) is 0 Å². The van der Waals surface area contributed by atoms with Crippen molar-refractivity contribution in [3.63, 3.8) is 0 Å². The summed E-state index contributed by atoms with van der Waals surface area (Å²) in [6.07, 6.45) is 12.1. The van der Waals surface area contributed by atoms with Crippen LogP contribution in [0.1, 0.15) is 61.1 Å². The normalized spacial score (nSPS) is 19.5. The molecule has 2 aliphatic rings. The van der Waals surface area contributed by atoms with Crippen LogP contribution in [0.5, 0.6) is 0 Å². The summed E-state index contributed by atoms with van der Waals surface area (Å²) in [5.74, 6) is 0. The minimum absolute atomic E-state index is 0.311. The van der Waals surface area contributed by atoms with Gasteiger partial charge >= 0.3 is 0 Å². The molecule has 0 saturated heterocycles. The molecule has 5 nitrogen and oxygen atoms in total. The number of nitrogens with one attached hydrogen (secondary N) is 4. The Balaban J connectivity index is 0.000000179. The Morgan fingerprint density at radius 1 is 0.475 bits per heavy atom. The van der Waals surface area contributed by atoms with Gasteiger partial charge in [0.1, 0.15) is 7.14 Å². The average Bonchev–Trinajstić information content (AvgIpc) is 4.04. The lowest BCUT2D eigenvalue weighted by Gasteiger charge is -2.33. The van der Waals surface area contributed by atoms with Crippen LogP contribution in [0, 0.1) is 0 Å². The van der Waals surface area contributed by atoms with E-state index in [0.717, 1.165) is 36.8 Å². The molecule has 0 aliphatic heterocycles. The molecule has 2 aliphatic carbocycles. The van der Waals surface area contributed by atoms with Crippen molar-refractivity contribution >= 4 is 59.0 Å². The van der Waals surface area contributed by atoms with Crippen LogP contribution in [0.4, 0.5) is 0 Å². The molecule has 4 atom stereocenters. The topological polar surface area (TPSA) is 65.2 Å². The number of rotatable bonds is 18. The zero-order valence-corrected chi connectivity index (χ0v) is 37.8. The van der Waals surface area contributed by atoms with Gasteiger partial charge < -0.3 is 25.8 Å². The van der Waals surface area contributed by atoms with E-state index in [2.05, 4.69) is 117 Å². The molecule has 6 aromatic rings. The van der Waals surface area contributed by atoms with Crippen molar-refractivity contribution in [2.24, 2.45) is 0 Å². The van der Waals surface area contributed by atoms with Gasteiger partial charge in [-0.3, -0.25) is 0 Å². The SMILES string of the molecule is O=P(CCNC1CCCC[C@H]1NCc1cccs1)(c1ccccc1)c1ccccc1.c1ccc(P(CCNC2CCCC[C@H]2NCc2cccs2)c2ccccc2)cc1. The maximum Gasteiger partial charge on any atom is 0.144 e. The molecule has 4 N–H and O–H groups in total. The first-order valence-corrected chi connectivity index (χ1v) is 26.9. The lowest BCUT2D eigenvalue weighted by molar-refractivity contribution is 0.287. The molecule has 59 heavy (non-hydrogen) atoms. The number of thiophene rings is 2. The average molecular weight is 861 g/mol. The fourth-order valence-corrected chi connectivity index (χ4v) is 14.8. The van der Waals surface area contributed by atoms with E-state index in [9.17, 15) is 4.57 Å². The Hall–Kier alpha value is -3.22. The Kier molecular flexibility index (Phi) is 17.6. The molecule has 8 rings (SSSR count). The van der Waals surface area contributed by atoms with Gasteiger partial charge in [0.2, 0.25) is 0 Å². The molecule has 0 amide bonds. The Morgan fingerprint density at radius 2 is 0.864 bits per heavy atom. The van der Waals surface area contributed by atoms with Crippen molar-refractivity contribution in [3.8, 4) is 0 Å². The van der Waals surface area contributed by atoms with Crippen LogP contribution in [0.2, 0.25) is 0 Å². The first-order chi connectivity index (χ1) is 29.2. The van der Waals surface area contributed by atoms with Gasteiger partial charge in [0.25, 0.3) is 0 Å². The van der Waals surface area contributed by atoms with Gasteiger partial charge in [-0.25, -0.2) is 0 Å². The molecule has 4 aromatic carbocycles. The molecule has 2 heterocycles. The van der Waals surface area contributed by atoms with Gasteiger partial charge in [0, 0.05) is 70.3 Å². The Labute approximate surface area is 363 Å². The Bertz CT molecular complexity index is 1970. The molecule has 310 valence electrons. The highest BCUT2D eigenvalue weighted by Crippen LogP contribution is 2.42. The van der Waals surface area contributed by atoms with Crippen molar-refractivity contribution in [2.75, 3.05) is 25.4 Å².